The second-order valence-corrected chi connectivity index (χ2v) is 10.9. The van der Waals surface area contributed by atoms with Crippen molar-refractivity contribution in [2.45, 2.75) is 38.1 Å². The highest BCUT2D eigenvalue weighted by Crippen LogP contribution is 2.42. The van der Waals surface area contributed by atoms with Gasteiger partial charge in [0, 0.05) is 45.3 Å². The third-order valence-electron chi connectivity index (χ3n) is 7.60. The fourth-order valence-corrected chi connectivity index (χ4v) is 6.75. The van der Waals surface area contributed by atoms with Gasteiger partial charge in [-0.1, -0.05) is 6.07 Å². The Bertz CT molecular complexity index is 1190. The van der Waals surface area contributed by atoms with Gasteiger partial charge in [0.15, 0.2) is 0 Å². The first-order valence-corrected chi connectivity index (χ1v) is 13.0. The van der Waals surface area contributed by atoms with Crippen LogP contribution >= 0.6 is 11.3 Å². The summed E-state index contributed by atoms with van der Waals surface area (Å²) in [5, 5.41) is 11.9. The molecule has 2 aromatic rings. The minimum Gasteiger partial charge on any atom is -0.465 e. The number of carboxylic acid groups (broad SMARTS) is 1. The molecule has 5 rings (SSSR count). The number of hydrogen-bond donors (Lipinski definition) is 2. The van der Waals surface area contributed by atoms with Crippen LogP contribution in [0, 0.1) is 5.41 Å². The molecule has 11 heteroatoms. The second-order valence-electron chi connectivity index (χ2n) is 9.81. The fraction of sp³-hybridized carbons (Fsp3) is 0.480. The van der Waals surface area contributed by atoms with Crippen molar-refractivity contribution in [1.82, 2.24) is 19.7 Å². The Balaban J connectivity index is 1.27. The van der Waals surface area contributed by atoms with Gasteiger partial charge in [-0.15, -0.1) is 11.3 Å². The van der Waals surface area contributed by atoms with Crippen molar-refractivity contribution in [2.75, 3.05) is 38.5 Å². The first-order chi connectivity index (χ1) is 17.3. The fourth-order valence-electron chi connectivity index (χ4n) is 5.73. The average molecular weight is 512 g/mol. The number of piperidine rings is 2. The summed E-state index contributed by atoms with van der Waals surface area (Å²) in [7, 11) is 1.57. The molecule has 2 N–H and O–H groups in total. The van der Waals surface area contributed by atoms with E-state index in [1.807, 2.05) is 12.1 Å². The lowest BCUT2D eigenvalue weighted by atomic mass is 9.77. The molecular weight excluding hydrogens is 482 g/mol. The summed E-state index contributed by atoms with van der Waals surface area (Å²) in [5.41, 5.74) is 0.405. The van der Waals surface area contributed by atoms with E-state index in [4.69, 9.17) is 0 Å². The SMILES string of the molecule is CN1C(=O)CC2(CCCN(C3CCN(C(=O)c4cc(-c5ccccn5)sc4NC(=O)O)CC3)C2)C1=O. The zero-order valence-electron chi connectivity index (χ0n) is 20.1. The van der Waals surface area contributed by atoms with Crippen LogP contribution in [0.25, 0.3) is 10.6 Å². The number of hydrogen-bond acceptors (Lipinski definition) is 7. The van der Waals surface area contributed by atoms with Crippen LogP contribution in [-0.2, 0) is 9.59 Å². The zero-order valence-corrected chi connectivity index (χ0v) is 20.9. The van der Waals surface area contributed by atoms with Gasteiger partial charge >= 0.3 is 6.09 Å². The van der Waals surface area contributed by atoms with Crippen LogP contribution in [0.15, 0.2) is 30.5 Å². The number of thiophene rings is 1. The first-order valence-electron chi connectivity index (χ1n) is 12.2. The molecule has 0 aromatic carbocycles. The summed E-state index contributed by atoms with van der Waals surface area (Å²) in [6.07, 6.45) is 3.86. The van der Waals surface area contributed by atoms with Crippen molar-refractivity contribution in [3.63, 3.8) is 0 Å². The van der Waals surface area contributed by atoms with E-state index in [-0.39, 0.29) is 30.2 Å². The third-order valence-corrected chi connectivity index (χ3v) is 8.67. The molecule has 0 saturated carbocycles. The van der Waals surface area contributed by atoms with Crippen molar-refractivity contribution in [3.8, 4) is 10.6 Å². The predicted octanol–water partition coefficient (Wildman–Crippen LogP) is 2.98. The molecule has 0 radical (unpaired) electrons. The number of likely N-dealkylation sites (tertiary alicyclic amines) is 3. The van der Waals surface area contributed by atoms with Crippen LogP contribution in [0.1, 0.15) is 42.5 Å². The molecule has 3 aliphatic rings. The number of imide groups is 1. The van der Waals surface area contributed by atoms with Crippen molar-refractivity contribution < 1.29 is 24.3 Å². The number of nitrogens with zero attached hydrogens (tertiary/aromatic N) is 4. The van der Waals surface area contributed by atoms with E-state index in [0.717, 1.165) is 37.1 Å². The predicted molar refractivity (Wildman–Crippen MR) is 134 cm³/mol. The lowest BCUT2D eigenvalue weighted by Gasteiger charge is -2.45. The van der Waals surface area contributed by atoms with E-state index < -0.39 is 11.5 Å². The van der Waals surface area contributed by atoms with E-state index in [9.17, 15) is 24.3 Å². The molecule has 1 spiro atoms. The summed E-state index contributed by atoms with van der Waals surface area (Å²) in [5.74, 6) is -0.373. The van der Waals surface area contributed by atoms with Crippen molar-refractivity contribution in [3.05, 3.63) is 36.0 Å². The van der Waals surface area contributed by atoms with Gasteiger partial charge in [0.1, 0.15) is 5.00 Å². The summed E-state index contributed by atoms with van der Waals surface area (Å²) in [4.78, 5) is 60.2. The molecule has 10 nitrogen and oxygen atoms in total. The number of amides is 4. The highest BCUT2D eigenvalue weighted by Gasteiger charge is 2.52. The van der Waals surface area contributed by atoms with Crippen LogP contribution in [0.4, 0.5) is 9.80 Å². The maximum Gasteiger partial charge on any atom is 0.409 e. The molecule has 2 aromatic heterocycles. The molecule has 3 aliphatic heterocycles. The largest absolute Gasteiger partial charge is 0.465 e. The average Bonchev–Trinajstić information content (AvgIpc) is 3.38. The van der Waals surface area contributed by atoms with Gasteiger partial charge in [0.2, 0.25) is 11.8 Å². The Labute approximate surface area is 212 Å². The van der Waals surface area contributed by atoms with Crippen LogP contribution in [0.2, 0.25) is 0 Å². The zero-order chi connectivity index (χ0) is 25.4. The first kappa shape index (κ1) is 24.4. The van der Waals surface area contributed by atoms with Gasteiger partial charge in [-0.2, -0.15) is 0 Å². The van der Waals surface area contributed by atoms with Gasteiger partial charge in [-0.25, -0.2) is 4.79 Å². The highest BCUT2D eigenvalue weighted by molar-refractivity contribution is 7.20. The summed E-state index contributed by atoms with van der Waals surface area (Å²) in [6.45, 7) is 2.56. The van der Waals surface area contributed by atoms with E-state index >= 15 is 0 Å². The Morgan fingerprint density at radius 2 is 1.97 bits per heavy atom. The minimum absolute atomic E-state index is 0.0653. The van der Waals surface area contributed by atoms with Crippen molar-refractivity contribution in [2.24, 2.45) is 5.41 Å². The molecular formula is C25H29N5O5S. The van der Waals surface area contributed by atoms with Gasteiger partial charge in [-0.3, -0.25) is 34.5 Å². The number of nitrogens with one attached hydrogen (secondary N) is 1. The number of pyridine rings is 1. The maximum absolute atomic E-state index is 13.4. The smallest absolute Gasteiger partial charge is 0.409 e. The number of aromatic nitrogens is 1. The quantitative estimate of drug-likeness (QED) is 0.605. The Morgan fingerprint density at radius 1 is 1.19 bits per heavy atom. The molecule has 0 bridgehead atoms. The molecule has 190 valence electrons. The van der Waals surface area contributed by atoms with E-state index in [0.29, 0.717) is 35.9 Å². The van der Waals surface area contributed by atoms with Crippen molar-refractivity contribution in [1.29, 1.82) is 0 Å². The number of rotatable bonds is 4. The molecule has 3 saturated heterocycles. The Kier molecular flexibility index (Phi) is 6.52. The van der Waals surface area contributed by atoms with E-state index in [1.165, 1.54) is 16.2 Å². The lowest BCUT2D eigenvalue weighted by molar-refractivity contribution is -0.141. The van der Waals surface area contributed by atoms with E-state index in [1.54, 1.807) is 30.3 Å². The topological polar surface area (TPSA) is 123 Å². The third kappa shape index (κ3) is 4.48. The molecule has 3 fully saturated rings. The second kappa shape index (κ2) is 9.62. The number of carbonyl (C=O) groups is 4. The summed E-state index contributed by atoms with van der Waals surface area (Å²) in [6, 6.07) is 7.41. The van der Waals surface area contributed by atoms with Gasteiger partial charge < -0.3 is 10.0 Å². The van der Waals surface area contributed by atoms with Crippen LogP contribution in [0.5, 0.6) is 0 Å². The van der Waals surface area contributed by atoms with E-state index in [2.05, 4.69) is 15.2 Å². The molecule has 1 atom stereocenters. The molecule has 4 amide bonds. The van der Waals surface area contributed by atoms with Crippen LogP contribution in [-0.4, -0.2) is 87.9 Å². The summed E-state index contributed by atoms with van der Waals surface area (Å²) >= 11 is 1.19. The number of anilines is 1. The monoisotopic (exact) mass is 511 g/mol. The Morgan fingerprint density at radius 3 is 2.61 bits per heavy atom. The molecule has 0 aliphatic carbocycles. The van der Waals surface area contributed by atoms with Gasteiger partial charge in [0.05, 0.1) is 21.5 Å². The maximum atomic E-state index is 13.4. The van der Waals surface area contributed by atoms with Crippen LogP contribution < -0.4 is 5.32 Å². The van der Waals surface area contributed by atoms with Gasteiger partial charge in [0.25, 0.3) is 5.91 Å². The Hall–Kier alpha value is -3.31. The molecule has 5 heterocycles. The minimum atomic E-state index is -1.22. The van der Waals surface area contributed by atoms with Crippen LogP contribution in [0.3, 0.4) is 0 Å². The lowest BCUT2D eigenvalue weighted by Crippen LogP contribution is -2.54. The molecule has 36 heavy (non-hydrogen) atoms. The van der Waals surface area contributed by atoms with Crippen molar-refractivity contribution >= 4 is 40.2 Å². The normalized spacial score (nSPS) is 23.5. The summed E-state index contributed by atoms with van der Waals surface area (Å²) < 4.78 is 0. The molecule has 1 unspecified atom stereocenters. The number of carbonyl (C=O) groups excluding carboxylic acids is 3. The van der Waals surface area contributed by atoms with Gasteiger partial charge in [-0.05, 0) is 50.4 Å². The highest BCUT2D eigenvalue weighted by atomic mass is 32.1. The standard InChI is InChI=1S/C25H29N5O5S/c1-28-20(31)14-25(23(28)33)8-4-10-30(15-25)16-6-11-29(12-7-16)22(32)17-13-19(18-5-2-3-9-26-18)36-21(17)27-24(34)35/h2-3,5,9,13,16,27H,4,6-8,10-12,14-15H2,1H3,(H,34,35).